The van der Waals surface area contributed by atoms with Gasteiger partial charge < -0.3 is 30.7 Å². The molecule has 34 heavy (non-hydrogen) atoms. The highest BCUT2D eigenvalue weighted by molar-refractivity contribution is 6.31. The number of pyridine rings is 1. The summed E-state index contributed by atoms with van der Waals surface area (Å²) >= 11 is 6.25. The molecule has 2 aromatic carbocycles. The van der Waals surface area contributed by atoms with Crippen molar-refractivity contribution in [1.82, 2.24) is 15.2 Å². The third kappa shape index (κ3) is 7.26. The minimum atomic E-state index is -0.343. The molecule has 9 heteroatoms. The molecule has 0 atom stereocenters. The predicted octanol–water partition coefficient (Wildman–Crippen LogP) is 4.99. The van der Waals surface area contributed by atoms with Gasteiger partial charge in [-0.3, -0.25) is 0 Å². The van der Waals surface area contributed by atoms with Crippen LogP contribution in [0, 0.1) is 13.8 Å². The van der Waals surface area contributed by atoms with Crippen molar-refractivity contribution < 1.29 is 14.3 Å². The largest absolute Gasteiger partial charge is 0.490 e. The summed E-state index contributed by atoms with van der Waals surface area (Å²) in [6.45, 7) is 5.38. The molecule has 0 unspecified atom stereocenters. The smallest absolute Gasteiger partial charge is 0.319 e. The Morgan fingerprint density at radius 3 is 2.59 bits per heavy atom. The van der Waals surface area contributed by atoms with Crippen LogP contribution in [0.5, 0.6) is 17.2 Å². The van der Waals surface area contributed by atoms with Crippen LogP contribution >= 0.6 is 11.6 Å². The molecule has 1 aromatic heterocycles. The summed E-state index contributed by atoms with van der Waals surface area (Å²) in [5.74, 6) is 2.24. The molecule has 0 aliphatic carbocycles. The lowest BCUT2D eigenvalue weighted by molar-refractivity contribution is 0.250. The average molecular weight is 484 g/mol. The van der Waals surface area contributed by atoms with Crippen LogP contribution in [0.15, 0.2) is 48.7 Å². The van der Waals surface area contributed by atoms with Crippen LogP contribution < -0.4 is 25.8 Å². The molecule has 0 spiro atoms. The van der Waals surface area contributed by atoms with E-state index in [0.717, 1.165) is 23.2 Å². The van der Waals surface area contributed by atoms with Crippen molar-refractivity contribution >= 4 is 29.1 Å². The highest BCUT2D eigenvalue weighted by atomic mass is 35.5. The fourth-order valence-corrected chi connectivity index (χ4v) is 3.28. The molecular formula is C25H30ClN5O3. The molecule has 1 heterocycles. The lowest BCUT2D eigenvalue weighted by atomic mass is 10.1. The van der Waals surface area contributed by atoms with E-state index in [2.05, 4.69) is 15.6 Å². The van der Waals surface area contributed by atoms with E-state index >= 15 is 0 Å². The van der Waals surface area contributed by atoms with Crippen LogP contribution in [-0.4, -0.2) is 43.2 Å². The number of hydrogen-bond acceptors (Lipinski definition) is 6. The number of anilines is 2. The van der Waals surface area contributed by atoms with Gasteiger partial charge in [0.1, 0.15) is 29.7 Å². The number of benzene rings is 2. The standard InChI is InChI=1S/C25H30ClN5O3/c1-16-12-21(23(14-20(16)26)33-10-9-31(3)4)30-25(32)29-15-18-5-6-22(17(2)11-18)34-19-7-8-28-24(27)13-19/h5-8,11-14H,9-10,15H2,1-4H3,(H2,27,28)(H2,29,30,32). The number of aromatic nitrogens is 1. The number of carbonyl (C=O) groups is 1. The summed E-state index contributed by atoms with van der Waals surface area (Å²) in [6, 6.07) is 12.3. The third-order valence-electron chi connectivity index (χ3n) is 4.98. The van der Waals surface area contributed by atoms with Crippen molar-refractivity contribution in [1.29, 1.82) is 0 Å². The Morgan fingerprint density at radius 2 is 1.88 bits per heavy atom. The van der Waals surface area contributed by atoms with Crippen molar-refractivity contribution in [2.45, 2.75) is 20.4 Å². The lowest BCUT2D eigenvalue weighted by Crippen LogP contribution is -2.28. The van der Waals surface area contributed by atoms with Gasteiger partial charge in [-0.2, -0.15) is 0 Å². The van der Waals surface area contributed by atoms with Gasteiger partial charge in [-0.15, -0.1) is 0 Å². The Kier molecular flexibility index (Phi) is 8.56. The van der Waals surface area contributed by atoms with E-state index in [1.54, 1.807) is 30.5 Å². The number of nitrogens with two attached hydrogens (primary N) is 1. The van der Waals surface area contributed by atoms with Crippen molar-refractivity contribution in [3.8, 4) is 17.2 Å². The Balaban J connectivity index is 1.60. The summed E-state index contributed by atoms with van der Waals surface area (Å²) in [6.07, 6.45) is 1.60. The third-order valence-corrected chi connectivity index (χ3v) is 5.39. The number of nitrogens with one attached hydrogen (secondary N) is 2. The number of halogens is 1. The zero-order valence-corrected chi connectivity index (χ0v) is 20.6. The fraction of sp³-hybridized carbons (Fsp3) is 0.280. The van der Waals surface area contributed by atoms with Crippen LogP contribution in [0.25, 0.3) is 0 Å². The Hall–Kier alpha value is -3.49. The van der Waals surface area contributed by atoms with Crippen molar-refractivity contribution in [3.05, 3.63) is 70.4 Å². The van der Waals surface area contributed by atoms with E-state index in [1.165, 1.54) is 0 Å². The van der Waals surface area contributed by atoms with E-state index in [0.29, 0.717) is 46.9 Å². The van der Waals surface area contributed by atoms with Gasteiger partial charge in [-0.05, 0) is 62.8 Å². The first kappa shape index (κ1) is 25.1. The molecule has 0 saturated heterocycles. The molecule has 180 valence electrons. The topological polar surface area (TPSA) is 102 Å². The van der Waals surface area contributed by atoms with Crippen LogP contribution in [-0.2, 0) is 6.54 Å². The van der Waals surface area contributed by atoms with Gasteiger partial charge in [0, 0.05) is 36.4 Å². The molecular weight excluding hydrogens is 454 g/mol. The van der Waals surface area contributed by atoms with E-state index in [1.807, 2.05) is 51.0 Å². The van der Waals surface area contributed by atoms with E-state index in [9.17, 15) is 4.79 Å². The minimum Gasteiger partial charge on any atom is -0.490 e. The Bertz CT molecular complexity index is 1150. The summed E-state index contributed by atoms with van der Waals surface area (Å²) < 4.78 is 11.7. The first-order chi connectivity index (χ1) is 16.2. The van der Waals surface area contributed by atoms with Crippen molar-refractivity contribution in [2.75, 3.05) is 38.3 Å². The summed E-state index contributed by atoms with van der Waals surface area (Å²) in [7, 11) is 3.93. The van der Waals surface area contributed by atoms with Gasteiger partial charge in [-0.1, -0.05) is 23.7 Å². The van der Waals surface area contributed by atoms with Gasteiger partial charge in [0.15, 0.2) is 0 Å². The van der Waals surface area contributed by atoms with Gasteiger partial charge >= 0.3 is 6.03 Å². The molecule has 2 amide bonds. The average Bonchev–Trinajstić information content (AvgIpc) is 2.77. The number of aryl methyl sites for hydroxylation is 2. The van der Waals surface area contributed by atoms with Crippen LogP contribution in [0.1, 0.15) is 16.7 Å². The maximum atomic E-state index is 12.6. The highest BCUT2D eigenvalue weighted by Gasteiger charge is 2.12. The number of ether oxygens (including phenoxy) is 2. The highest BCUT2D eigenvalue weighted by Crippen LogP contribution is 2.31. The molecule has 0 radical (unpaired) electrons. The molecule has 0 bridgehead atoms. The van der Waals surface area contributed by atoms with Crippen LogP contribution in [0.2, 0.25) is 5.02 Å². The lowest BCUT2D eigenvalue weighted by Gasteiger charge is -2.16. The first-order valence-electron chi connectivity index (χ1n) is 10.8. The Morgan fingerprint density at radius 1 is 1.09 bits per heavy atom. The van der Waals surface area contributed by atoms with Gasteiger partial charge in [0.05, 0.1) is 5.69 Å². The monoisotopic (exact) mass is 483 g/mol. The van der Waals surface area contributed by atoms with Gasteiger partial charge in [0.2, 0.25) is 0 Å². The maximum absolute atomic E-state index is 12.6. The van der Waals surface area contributed by atoms with Crippen molar-refractivity contribution in [3.63, 3.8) is 0 Å². The summed E-state index contributed by atoms with van der Waals surface area (Å²) in [5.41, 5.74) is 8.98. The Labute approximate surface area is 205 Å². The second-order valence-electron chi connectivity index (χ2n) is 8.18. The summed E-state index contributed by atoms with van der Waals surface area (Å²) in [4.78, 5) is 18.6. The minimum absolute atomic E-state index is 0.343. The number of amides is 2. The van der Waals surface area contributed by atoms with Gasteiger partial charge in [0.25, 0.3) is 0 Å². The molecule has 3 rings (SSSR count). The van der Waals surface area contributed by atoms with Crippen molar-refractivity contribution in [2.24, 2.45) is 0 Å². The zero-order chi connectivity index (χ0) is 24.7. The molecule has 8 nitrogen and oxygen atoms in total. The predicted molar refractivity (Wildman–Crippen MR) is 136 cm³/mol. The second kappa shape index (κ2) is 11.6. The van der Waals surface area contributed by atoms with E-state index in [4.69, 9.17) is 26.8 Å². The molecule has 0 aliphatic heterocycles. The fourth-order valence-electron chi connectivity index (χ4n) is 3.12. The van der Waals surface area contributed by atoms with Gasteiger partial charge in [-0.25, -0.2) is 9.78 Å². The number of carbonyl (C=O) groups excluding carboxylic acids is 1. The molecule has 0 aliphatic rings. The maximum Gasteiger partial charge on any atom is 0.319 e. The van der Waals surface area contributed by atoms with Crippen LogP contribution in [0.4, 0.5) is 16.3 Å². The number of hydrogen-bond donors (Lipinski definition) is 3. The number of nitrogen functional groups attached to an aromatic ring is 1. The molecule has 0 saturated carbocycles. The SMILES string of the molecule is Cc1cc(NC(=O)NCc2ccc(Oc3ccnc(N)c3)c(C)c2)c(OCCN(C)C)cc1Cl. The van der Waals surface area contributed by atoms with Crippen LogP contribution in [0.3, 0.4) is 0 Å². The normalized spacial score (nSPS) is 10.8. The molecule has 4 N–H and O–H groups in total. The second-order valence-corrected chi connectivity index (χ2v) is 8.58. The number of nitrogens with zero attached hydrogens (tertiary/aromatic N) is 2. The molecule has 3 aromatic rings. The molecule has 0 fully saturated rings. The number of rotatable bonds is 9. The summed E-state index contributed by atoms with van der Waals surface area (Å²) in [5, 5.41) is 6.32. The number of urea groups is 1. The van der Waals surface area contributed by atoms with E-state index < -0.39 is 0 Å². The first-order valence-corrected chi connectivity index (χ1v) is 11.2. The quantitative estimate of drug-likeness (QED) is 0.396. The zero-order valence-electron chi connectivity index (χ0n) is 19.8. The van der Waals surface area contributed by atoms with E-state index in [-0.39, 0.29) is 6.03 Å². The number of likely N-dealkylation sites (N-methyl/N-ethyl adjacent to an activating group) is 1.